The molecule has 14 heavy (non-hydrogen) atoms. The Hall–Kier alpha value is -2.11. The Kier molecular flexibility index (Phi) is 2.02. The first kappa shape index (κ1) is 8.49. The van der Waals surface area contributed by atoms with Gasteiger partial charge in [0.25, 0.3) is 0 Å². The zero-order chi connectivity index (χ0) is 9.97. The predicted octanol–water partition coefficient (Wildman–Crippen LogP) is 0.222. The van der Waals surface area contributed by atoms with Gasteiger partial charge >= 0.3 is 5.97 Å². The summed E-state index contributed by atoms with van der Waals surface area (Å²) in [6.45, 7) is 0. The van der Waals surface area contributed by atoms with E-state index in [1.807, 2.05) is 0 Å². The second-order valence-electron chi connectivity index (χ2n) is 2.80. The van der Waals surface area contributed by atoms with E-state index in [1.165, 1.54) is 12.5 Å². The summed E-state index contributed by atoms with van der Waals surface area (Å²) in [5.41, 5.74) is 0.659. The maximum absolute atomic E-state index is 10.4. The minimum Gasteiger partial charge on any atom is -0.481 e. The maximum atomic E-state index is 10.4. The highest BCUT2D eigenvalue weighted by molar-refractivity contribution is 5.69. The van der Waals surface area contributed by atoms with E-state index in [0.717, 1.165) is 0 Å². The molecule has 0 unspecified atom stereocenters. The summed E-state index contributed by atoms with van der Waals surface area (Å²) < 4.78 is 1.55. The van der Waals surface area contributed by atoms with Gasteiger partial charge in [0.15, 0.2) is 5.82 Å². The van der Waals surface area contributed by atoms with Crippen LogP contribution in [-0.4, -0.2) is 30.8 Å². The predicted molar refractivity (Wildman–Crippen MR) is 47.0 cm³/mol. The Morgan fingerprint density at radius 2 is 2.43 bits per heavy atom. The number of nitrogens with one attached hydrogen (secondary N) is 1. The lowest BCUT2D eigenvalue weighted by molar-refractivity contribution is -0.136. The number of hydrogen-bond donors (Lipinski definition) is 2. The number of carboxylic acids is 1. The molecule has 0 fully saturated rings. The SMILES string of the molecule is O=C(O)Cc1cnn(-c2cnc[nH]2)c1. The number of aliphatic carboxylic acids is 1. The highest BCUT2D eigenvalue weighted by Gasteiger charge is 2.04. The standard InChI is InChI=1S/C8H8N4O2/c13-8(14)1-6-2-11-12(4-6)7-3-9-5-10-7/h2-5H,1H2,(H,9,10)(H,13,14). The van der Waals surface area contributed by atoms with E-state index < -0.39 is 5.97 Å². The van der Waals surface area contributed by atoms with E-state index >= 15 is 0 Å². The minimum atomic E-state index is -0.867. The summed E-state index contributed by atoms with van der Waals surface area (Å²) in [6.07, 6.45) is 6.30. The van der Waals surface area contributed by atoms with Crippen LogP contribution < -0.4 is 0 Å². The Morgan fingerprint density at radius 3 is 3.07 bits per heavy atom. The van der Waals surface area contributed by atoms with E-state index in [2.05, 4.69) is 15.1 Å². The average molecular weight is 192 g/mol. The summed E-state index contributed by atoms with van der Waals surface area (Å²) >= 11 is 0. The van der Waals surface area contributed by atoms with Gasteiger partial charge in [-0.3, -0.25) is 4.79 Å². The summed E-state index contributed by atoms with van der Waals surface area (Å²) in [5.74, 6) is -0.157. The van der Waals surface area contributed by atoms with Crippen molar-refractivity contribution in [3.05, 3.63) is 30.5 Å². The van der Waals surface area contributed by atoms with Gasteiger partial charge < -0.3 is 10.1 Å². The number of nitrogens with zero attached hydrogens (tertiary/aromatic N) is 3. The van der Waals surface area contributed by atoms with Crippen LogP contribution in [0.25, 0.3) is 5.82 Å². The summed E-state index contributed by atoms with van der Waals surface area (Å²) in [5, 5.41) is 12.5. The molecule has 0 aliphatic carbocycles. The lowest BCUT2D eigenvalue weighted by Gasteiger charge is -1.93. The third-order valence-electron chi connectivity index (χ3n) is 1.72. The number of hydrogen-bond acceptors (Lipinski definition) is 3. The van der Waals surface area contributed by atoms with Crippen molar-refractivity contribution in [2.45, 2.75) is 6.42 Å². The van der Waals surface area contributed by atoms with Gasteiger partial charge in [-0.2, -0.15) is 5.10 Å². The molecule has 0 spiro atoms. The number of imidazole rings is 1. The van der Waals surface area contributed by atoms with Crippen molar-refractivity contribution in [3.8, 4) is 5.82 Å². The van der Waals surface area contributed by atoms with Crippen LogP contribution in [-0.2, 0) is 11.2 Å². The van der Waals surface area contributed by atoms with Gasteiger partial charge in [-0.15, -0.1) is 0 Å². The van der Waals surface area contributed by atoms with E-state index in [1.54, 1.807) is 17.1 Å². The van der Waals surface area contributed by atoms with Crippen LogP contribution in [0, 0.1) is 0 Å². The molecule has 2 rings (SSSR count). The molecule has 0 amide bonds. The summed E-state index contributed by atoms with van der Waals surface area (Å²) in [7, 11) is 0. The molecule has 6 nitrogen and oxygen atoms in total. The number of aromatic nitrogens is 4. The molecular weight excluding hydrogens is 184 g/mol. The topological polar surface area (TPSA) is 83.8 Å². The van der Waals surface area contributed by atoms with Gasteiger partial charge in [0.1, 0.15) is 0 Å². The van der Waals surface area contributed by atoms with Gasteiger partial charge in [-0.05, 0) is 0 Å². The maximum Gasteiger partial charge on any atom is 0.307 e. The van der Waals surface area contributed by atoms with Crippen LogP contribution in [0.4, 0.5) is 0 Å². The van der Waals surface area contributed by atoms with Crippen LogP contribution in [0.3, 0.4) is 0 Å². The fourth-order valence-corrected chi connectivity index (χ4v) is 1.13. The molecular formula is C8H8N4O2. The molecule has 2 aromatic heterocycles. The van der Waals surface area contributed by atoms with Crippen LogP contribution in [0.1, 0.15) is 5.56 Å². The largest absolute Gasteiger partial charge is 0.481 e. The smallest absolute Gasteiger partial charge is 0.307 e. The van der Waals surface area contributed by atoms with Crippen LogP contribution in [0.15, 0.2) is 24.9 Å². The fraction of sp³-hybridized carbons (Fsp3) is 0.125. The zero-order valence-electron chi connectivity index (χ0n) is 7.21. The first-order valence-corrected chi connectivity index (χ1v) is 4.00. The highest BCUT2D eigenvalue weighted by Crippen LogP contribution is 2.04. The number of carboxylic acid groups (broad SMARTS) is 1. The number of aromatic amines is 1. The van der Waals surface area contributed by atoms with Gasteiger partial charge in [-0.1, -0.05) is 0 Å². The highest BCUT2D eigenvalue weighted by atomic mass is 16.4. The normalized spacial score (nSPS) is 10.3. The third-order valence-corrected chi connectivity index (χ3v) is 1.72. The first-order chi connectivity index (χ1) is 6.75. The van der Waals surface area contributed by atoms with Crippen molar-refractivity contribution < 1.29 is 9.90 Å². The fourth-order valence-electron chi connectivity index (χ4n) is 1.13. The van der Waals surface area contributed by atoms with Gasteiger partial charge in [0.05, 0.1) is 25.1 Å². The third kappa shape index (κ3) is 1.63. The van der Waals surface area contributed by atoms with E-state index in [0.29, 0.717) is 11.4 Å². The molecule has 0 atom stereocenters. The van der Waals surface area contributed by atoms with Crippen molar-refractivity contribution in [2.24, 2.45) is 0 Å². The first-order valence-electron chi connectivity index (χ1n) is 4.00. The zero-order valence-corrected chi connectivity index (χ0v) is 7.21. The average Bonchev–Trinajstić information content (AvgIpc) is 2.69. The summed E-state index contributed by atoms with van der Waals surface area (Å²) in [4.78, 5) is 17.1. The Bertz CT molecular complexity index is 432. The molecule has 2 N–H and O–H groups in total. The molecule has 0 saturated heterocycles. The molecule has 2 aromatic rings. The molecule has 0 aromatic carbocycles. The lowest BCUT2D eigenvalue weighted by Crippen LogP contribution is -1.98. The van der Waals surface area contributed by atoms with Crippen molar-refractivity contribution in [1.82, 2.24) is 19.7 Å². The minimum absolute atomic E-state index is 0.0197. The van der Waals surface area contributed by atoms with Crippen LogP contribution in [0.5, 0.6) is 0 Å². The molecule has 0 aliphatic rings. The molecule has 72 valence electrons. The molecule has 0 bridgehead atoms. The lowest BCUT2D eigenvalue weighted by atomic mass is 10.3. The molecule has 6 heteroatoms. The number of rotatable bonds is 3. The van der Waals surface area contributed by atoms with Crippen molar-refractivity contribution >= 4 is 5.97 Å². The van der Waals surface area contributed by atoms with E-state index in [4.69, 9.17) is 5.11 Å². The van der Waals surface area contributed by atoms with Crippen molar-refractivity contribution in [1.29, 1.82) is 0 Å². The second-order valence-corrected chi connectivity index (χ2v) is 2.80. The molecule has 0 saturated carbocycles. The van der Waals surface area contributed by atoms with Crippen molar-refractivity contribution in [3.63, 3.8) is 0 Å². The van der Waals surface area contributed by atoms with Gasteiger partial charge in [0.2, 0.25) is 0 Å². The monoisotopic (exact) mass is 192 g/mol. The van der Waals surface area contributed by atoms with Crippen LogP contribution in [0.2, 0.25) is 0 Å². The van der Waals surface area contributed by atoms with Gasteiger partial charge in [0, 0.05) is 11.8 Å². The second kappa shape index (κ2) is 3.33. The van der Waals surface area contributed by atoms with Crippen molar-refractivity contribution in [2.75, 3.05) is 0 Å². The van der Waals surface area contributed by atoms with E-state index in [9.17, 15) is 4.79 Å². The van der Waals surface area contributed by atoms with Gasteiger partial charge in [-0.25, -0.2) is 9.67 Å². The quantitative estimate of drug-likeness (QED) is 0.728. The Labute approximate surface area is 79.2 Å². The Balaban J connectivity index is 2.22. The number of H-pyrrole nitrogens is 1. The summed E-state index contributed by atoms with van der Waals surface area (Å²) in [6, 6.07) is 0. The molecule has 0 aliphatic heterocycles. The van der Waals surface area contributed by atoms with Crippen LogP contribution >= 0.6 is 0 Å². The molecule has 0 radical (unpaired) electrons. The number of carbonyl (C=O) groups is 1. The molecule has 2 heterocycles. The Morgan fingerprint density at radius 1 is 1.57 bits per heavy atom. The van der Waals surface area contributed by atoms with E-state index in [-0.39, 0.29) is 6.42 Å².